The molecule has 94 valence electrons. The van der Waals surface area contributed by atoms with Crippen LogP contribution in [0, 0.1) is 13.8 Å². The van der Waals surface area contributed by atoms with Gasteiger partial charge in [0, 0.05) is 12.7 Å². The highest BCUT2D eigenvalue weighted by Gasteiger charge is 2.13. The molecule has 0 aliphatic heterocycles. The van der Waals surface area contributed by atoms with Gasteiger partial charge in [0.2, 0.25) is 5.28 Å². The number of aryl methyl sites for hydroxylation is 2. The lowest BCUT2D eigenvalue weighted by molar-refractivity contribution is 0.949. The number of anilines is 2. The maximum Gasteiger partial charge on any atom is 0.245 e. The van der Waals surface area contributed by atoms with E-state index in [-0.39, 0.29) is 10.4 Å². The van der Waals surface area contributed by atoms with Gasteiger partial charge in [0.1, 0.15) is 0 Å². The molecule has 0 aliphatic rings. The monoisotopic (exact) mass is 282 g/mol. The average molecular weight is 283 g/mol. The summed E-state index contributed by atoms with van der Waals surface area (Å²) in [4.78, 5) is 5.93. The Morgan fingerprint density at radius 1 is 1.00 bits per heavy atom. The van der Waals surface area contributed by atoms with Gasteiger partial charge in [-0.05, 0) is 48.7 Å². The van der Waals surface area contributed by atoms with Crippen molar-refractivity contribution in [1.29, 1.82) is 0 Å². The molecule has 0 bridgehead atoms. The molecule has 2 aromatic rings. The van der Waals surface area contributed by atoms with Crippen LogP contribution >= 0.6 is 23.2 Å². The van der Waals surface area contributed by atoms with E-state index in [1.165, 1.54) is 11.1 Å². The molecular weight excluding hydrogens is 271 g/mol. The second-order valence-corrected chi connectivity index (χ2v) is 4.80. The highest BCUT2D eigenvalue weighted by atomic mass is 35.5. The van der Waals surface area contributed by atoms with E-state index in [9.17, 15) is 0 Å². The molecule has 0 saturated carbocycles. The molecule has 18 heavy (non-hydrogen) atoms. The number of aromatic nitrogens is 3. The Labute approximate surface area is 116 Å². The second kappa shape index (κ2) is 5.08. The molecule has 1 aromatic carbocycles. The summed E-state index contributed by atoms with van der Waals surface area (Å²) in [6.45, 7) is 4.08. The third-order valence-corrected chi connectivity index (χ3v) is 2.92. The summed E-state index contributed by atoms with van der Waals surface area (Å²) >= 11 is 11.7. The van der Waals surface area contributed by atoms with Gasteiger partial charge >= 0.3 is 0 Å². The minimum absolute atomic E-state index is 0.0747. The smallest absolute Gasteiger partial charge is 0.245 e. The van der Waals surface area contributed by atoms with Gasteiger partial charge in [-0.25, -0.2) is 0 Å². The fourth-order valence-corrected chi connectivity index (χ4v) is 2.09. The zero-order valence-corrected chi connectivity index (χ0v) is 11.8. The lowest BCUT2D eigenvalue weighted by atomic mass is 10.1. The highest BCUT2D eigenvalue weighted by Crippen LogP contribution is 2.28. The SMILES string of the molecule is Cc1cc(C)cc(N(C)c2nc(Cl)nnc2Cl)c1. The number of halogens is 2. The lowest BCUT2D eigenvalue weighted by Gasteiger charge is -2.19. The number of hydrogen-bond acceptors (Lipinski definition) is 4. The first-order valence-electron chi connectivity index (χ1n) is 5.35. The van der Waals surface area contributed by atoms with Crippen LogP contribution in [0.4, 0.5) is 11.5 Å². The maximum absolute atomic E-state index is 5.98. The van der Waals surface area contributed by atoms with E-state index in [0.29, 0.717) is 5.82 Å². The van der Waals surface area contributed by atoms with Crippen molar-refractivity contribution >= 4 is 34.7 Å². The molecule has 0 radical (unpaired) electrons. The van der Waals surface area contributed by atoms with Gasteiger partial charge in [-0.2, -0.15) is 4.98 Å². The normalized spacial score (nSPS) is 10.5. The van der Waals surface area contributed by atoms with Crippen molar-refractivity contribution in [3.8, 4) is 0 Å². The third-order valence-electron chi connectivity index (χ3n) is 2.51. The molecule has 1 aromatic heterocycles. The molecular formula is C12H12Cl2N4. The predicted octanol–water partition coefficient (Wildman–Crippen LogP) is 3.56. The van der Waals surface area contributed by atoms with Crippen LogP contribution in [0.25, 0.3) is 0 Å². The third kappa shape index (κ3) is 2.71. The average Bonchev–Trinajstić information content (AvgIpc) is 2.30. The van der Waals surface area contributed by atoms with E-state index in [1.807, 2.05) is 37.9 Å². The summed E-state index contributed by atoms with van der Waals surface area (Å²) in [5, 5.41) is 7.64. The zero-order valence-electron chi connectivity index (χ0n) is 10.3. The highest BCUT2D eigenvalue weighted by molar-refractivity contribution is 6.32. The Hall–Kier alpha value is -1.39. The topological polar surface area (TPSA) is 41.9 Å². The summed E-state index contributed by atoms with van der Waals surface area (Å²) in [6.07, 6.45) is 0. The van der Waals surface area contributed by atoms with Crippen LogP contribution in [-0.4, -0.2) is 22.2 Å². The van der Waals surface area contributed by atoms with Crippen LogP contribution in [0.5, 0.6) is 0 Å². The summed E-state index contributed by atoms with van der Waals surface area (Å²) in [6, 6.07) is 6.18. The van der Waals surface area contributed by atoms with Crippen LogP contribution in [0.2, 0.25) is 10.4 Å². The van der Waals surface area contributed by atoms with Gasteiger partial charge in [-0.1, -0.05) is 17.7 Å². The Bertz CT molecular complexity index is 566. The largest absolute Gasteiger partial charge is 0.327 e. The first-order valence-corrected chi connectivity index (χ1v) is 6.10. The molecule has 0 amide bonds. The molecule has 4 nitrogen and oxygen atoms in total. The first kappa shape index (κ1) is 13.1. The Morgan fingerprint density at radius 2 is 1.61 bits per heavy atom. The second-order valence-electron chi connectivity index (χ2n) is 4.10. The minimum atomic E-state index is 0.0747. The van der Waals surface area contributed by atoms with Crippen molar-refractivity contribution < 1.29 is 0 Å². The number of hydrogen-bond donors (Lipinski definition) is 0. The molecule has 2 rings (SSSR count). The van der Waals surface area contributed by atoms with Crippen molar-refractivity contribution in [1.82, 2.24) is 15.2 Å². The Balaban J connectivity index is 2.47. The zero-order chi connectivity index (χ0) is 13.3. The van der Waals surface area contributed by atoms with Crippen LogP contribution in [0.15, 0.2) is 18.2 Å². The summed E-state index contributed by atoms with van der Waals surface area (Å²) in [5.74, 6) is 0.488. The molecule has 6 heteroatoms. The number of rotatable bonds is 2. The first-order chi connectivity index (χ1) is 8.47. The molecule has 0 atom stereocenters. The van der Waals surface area contributed by atoms with Crippen molar-refractivity contribution in [2.45, 2.75) is 13.8 Å². The van der Waals surface area contributed by atoms with E-state index >= 15 is 0 Å². The van der Waals surface area contributed by atoms with Gasteiger partial charge in [-0.15, -0.1) is 10.2 Å². The standard InChI is InChI=1S/C12H12Cl2N4/c1-7-4-8(2)6-9(5-7)18(3)11-10(13)16-17-12(14)15-11/h4-6H,1-3H3. The van der Waals surface area contributed by atoms with E-state index in [0.717, 1.165) is 5.69 Å². The molecule has 0 spiro atoms. The maximum atomic E-state index is 5.98. The predicted molar refractivity (Wildman–Crippen MR) is 73.8 cm³/mol. The summed E-state index contributed by atoms with van der Waals surface area (Å²) < 4.78 is 0. The van der Waals surface area contributed by atoms with Crippen molar-refractivity contribution in [3.63, 3.8) is 0 Å². The fraction of sp³-hybridized carbons (Fsp3) is 0.250. The lowest BCUT2D eigenvalue weighted by Crippen LogP contribution is -2.13. The molecule has 0 unspecified atom stereocenters. The number of nitrogens with zero attached hydrogens (tertiary/aromatic N) is 4. The van der Waals surface area contributed by atoms with E-state index in [1.54, 1.807) is 0 Å². The number of benzene rings is 1. The van der Waals surface area contributed by atoms with Gasteiger partial charge in [-0.3, -0.25) is 0 Å². The Kier molecular flexibility index (Phi) is 3.68. The van der Waals surface area contributed by atoms with Crippen LogP contribution < -0.4 is 4.90 Å². The van der Waals surface area contributed by atoms with Gasteiger partial charge in [0.25, 0.3) is 0 Å². The van der Waals surface area contributed by atoms with Crippen LogP contribution in [0.3, 0.4) is 0 Å². The fourth-order valence-electron chi connectivity index (χ4n) is 1.77. The molecule has 1 heterocycles. The van der Waals surface area contributed by atoms with Gasteiger partial charge in [0.05, 0.1) is 0 Å². The van der Waals surface area contributed by atoms with E-state index in [4.69, 9.17) is 23.2 Å². The van der Waals surface area contributed by atoms with Crippen LogP contribution in [0.1, 0.15) is 11.1 Å². The summed E-state index contributed by atoms with van der Waals surface area (Å²) in [7, 11) is 1.86. The molecule has 0 saturated heterocycles. The van der Waals surface area contributed by atoms with Crippen molar-refractivity contribution in [2.24, 2.45) is 0 Å². The molecule has 0 aliphatic carbocycles. The van der Waals surface area contributed by atoms with Crippen LogP contribution in [-0.2, 0) is 0 Å². The van der Waals surface area contributed by atoms with E-state index in [2.05, 4.69) is 21.2 Å². The summed E-state index contributed by atoms with van der Waals surface area (Å²) in [5.41, 5.74) is 3.31. The van der Waals surface area contributed by atoms with E-state index < -0.39 is 0 Å². The molecule has 0 N–H and O–H groups in total. The minimum Gasteiger partial charge on any atom is -0.327 e. The molecule has 0 fully saturated rings. The quantitative estimate of drug-likeness (QED) is 0.845. The Morgan fingerprint density at radius 3 is 2.22 bits per heavy atom. The van der Waals surface area contributed by atoms with Gasteiger partial charge in [0.15, 0.2) is 11.0 Å². The van der Waals surface area contributed by atoms with Crippen molar-refractivity contribution in [2.75, 3.05) is 11.9 Å². The van der Waals surface area contributed by atoms with Gasteiger partial charge < -0.3 is 4.90 Å². The van der Waals surface area contributed by atoms with Crippen molar-refractivity contribution in [3.05, 3.63) is 39.8 Å².